The zero-order valence-corrected chi connectivity index (χ0v) is 17.1. The van der Waals surface area contributed by atoms with Crippen LogP contribution < -0.4 is 20.1 Å². The summed E-state index contributed by atoms with van der Waals surface area (Å²) in [5.41, 5.74) is 0.954. The van der Waals surface area contributed by atoms with Gasteiger partial charge in [-0.2, -0.15) is 0 Å². The van der Waals surface area contributed by atoms with Crippen molar-refractivity contribution in [1.29, 1.82) is 0 Å². The number of thiophene rings is 1. The Morgan fingerprint density at radius 1 is 1.18 bits per heavy atom. The molecule has 8 heteroatoms. The molecule has 150 valence electrons. The molecule has 1 aliphatic heterocycles. The largest absolute Gasteiger partial charge is 0.490 e. The Hall–Kier alpha value is -2.74. The minimum atomic E-state index is -0.0177. The molecule has 28 heavy (non-hydrogen) atoms. The topological polar surface area (TPSA) is 75.2 Å². The molecule has 0 saturated heterocycles. The predicted octanol–water partition coefficient (Wildman–Crippen LogP) is 2.23. The maximum Gasteiger partial charge on any atom is 0.241 e. The summed E-state index contributed by atoms with van der Waals surface area (Å²) >= 11 is 1.67. The minimum Gasteiger partial charge on any atom is -0.490 e. The highest BCUT2D eigenvalue weighted by Crippen LogP contribution is 2.33. The smallest absolute Gasteiger partial charge is 0.241 e. The first kappa shape index (κ1) is 20.0. The van der Waals surface area contributed by atoms with Crippen LogP contribution >= 0.6 is 11.3 Å². The number of ether oxygens (including phenoxy) is 2. The summed E-state index contributed by atoms with van der Waals surface area (Å²) in [6.45, 7) is 2.53. The monoisotopic (exact) mass is 402 g/mol. The van der Waals surface area contributed by atoms with Crippen LogP contribution in [0.5, 0.6) is 11.5 Å². The lowest BCUT2D eigenvalue weighted by molar-refractivity contribution is -0.127. The van der Waals surface area contributed by atoms with Crippen LogP contribution in [0.1, 0.15) is 16.9 Å². The lowest BCUT2D eigenvalue weighted by Crippen LogP contribution is -2.42. The third-order valence-corrected chi connectivity index (χ3v) is 5.05. The summed E-state index contributed by atoms with van der Waals surface area (Å²) in [7, 11) is 3.47. The molecule has 0 aliphatic carbocycles. The molecule has 0 fully saturated rings. The van der Waals surface area contributed by atoms with Crippen molar-refractivity contribution in [3.8, 4) is 11.5 Å². The summed E-state index contributed by atoms with van der Waals surface area (Å²) in [6.07, 6.45) is 0.860. The van der Waals surface area contributed by atoms with E-state index in [0.717, 1.165) is 23.5 Å². The molecule has 0 unspecified atom stereocenters. The number of nitrogens with one attached hydrogen (secondary N) is 2. The molecule has 1 aromatic heterocycles. The van der Waals surface area contributed by atoms with Gasteiger partial charge in [-0.15, -0.1) is 11.3 Å². The summed E-state index contributed by atoms with van der Waals surface area (Å²) in [5, 5.41) is 8.43. The number of carbonyl (C=O) groups excluding carboxylic acids is 1. The number of aliphatic imine (C=N–C) groups is 1. The second-order valence-electron chi connectivity index (χ2n) is 6.53. The van der Waals surface area contributed by atoms with Gasteiger partial charge in [0.1, 0.15) is 0 Å². The number of benzene rings is 1. The van der Waals surface area contributed by atoms with Crippen molar-refractivity contribution in [3.05, 3.63) is 46.2 Å². The number of guanidine groups is 1. The Labute approximate surface area is 169 Å². The minimum absolute atomic E-state index is 0.0177. The quantitative estimate of drug-likeness (QED) is 0.573. The molecule has 3 rings (SSSR count). The van der Waals surface area contributed by atoms with Crippen LogP contribution in [0.4, 0.5) is 0 Å². The van der Waals surface area contributed by atoms with E-state index < -0.39 is 0 Å². The zero-order chi connectivity index (χ0) is 19.8. The van der Waals surface area contributed by atoms with E-state index in [1.165, 1.54) is 4.88 Å². The van der Waals surface area contributed by atoms with Gasteiger partial charge in [0.05, 0.1) is 32.8 Å². The highest BCUT2D eigenvalue weighted by atomic mass is 32.1. The third kappa shape index (κ3) is 5.63. The molecule has 0 spiro atoms. The number of rotatable bonds is 6. The number of nitrogens with zero attached hydrogens (tertiary/aromatic N) is 2. The van der Waals surface area contributed by atoms with Crippen LogP contribution in [0.2, 0.25) is 0 Å². The maximum atomic E-state index is 11.9. The van der Waals surface area contributed by atoms with Crippen molar-refractivity contribution in [2.45, 2.75) is 19.5 Å². The maximum absolute atomic E-state index is 11.9. The lowest BCUT2D eigenvalue weighted by atomic mass is 10.2. The van der Waals surface area contributed by atoms with Gasteiger partial charge in [-0.05, 0) is 17.5 Å². The second-order valence-corrected chi connectivity index (χ2v) is 7.57. The van der Waals surface area contributed by atoms with Crippen LogP contribution in [0.25, 0.3) is 0 Å². The van der Waals surface area contributed by atoms with Gasteiger partial charge in [0.25, 0.3) is 0 Å². The third-order valence-electron chi connectivity index (χ3n) is 4.18. The fourth-order valence-electron chi connectivity index (χ4n) is 2.62. The highest BCUT2D eigenvalue weighted by Gasteiger charge is 2.14. The molecular formula is C20H26N4O3S. The van der Waals surface area contributed by atoms with E-state index >= 15 is 0 Å². The molecule has 0 saturated carbocycles. The Morgan fingerprint density at radius 2 is 2.04 bits per heavy atom. The normalized spacial score (nSPS) is 13.6. The van der Waals surface area contributed by atoms with E-state index in [2.05, 4.69) is 21.7 Å². The van der Waals surface area contributed by atoms with Gasteiger partial charge in [0.15, 0.2) is 17.5 Å². The summed E-state index contributed by atoms with van der Waals surface area (Å²) in [5.74, 6) is 2.08. The van der Waals surface area contributed by atoms with Crippen molar-refractivity contribution in [2.24, 2.45) is 4.99 Å². The van der Waals surface area contributed by atoms with Crippen LogP contribution in [0.3, 0.4) is 0 Å². The van der Waals surface area contributed by atoms with Gasteiger partial charge in [0, 0.05) is 31.0 Å². The van der Waals surface area contributed by atoms with E-state index in [4.69, 9.17) is 9.47 Å². The van der Waals surface area contributed by atoms with Crippen LogP contribution in [-0.2, 0) is 17.9 Å². The molecule has 1 aromatic carbocycles. The fraction of sp³-hybridized carbons (Fsp3) is 0.400. The van der Waals surface area contributed by atoms with Crippen molar-refractivity contribution in [3.63, 3.8) is 0 Å². The average Bonchev–Trinajstić information content (AvgIpc) is 3.10. The predicted molar refractivity (Wildman–Crippen MR) is 111 cm³/mol. The molecular weight excluding hydrogens is 376 g/mol. The fourth-order valence-corrected chi connectivity index (χ4v) is 3.26. The number of amides is 1. The first-order valence-corrected chi connectivity index (χ1v) is 10.1. The average molecular weight is 403 g/mol. The number of hydrogen-bond donors (Lipinski definition) is 2. The van der Waals surface area contributed by atoms with Crippen molar-refractivity contribution >= 4 is 23.2 Å². The van der Waals surface area contributed by atoms with Gasteiger partial charge >= 0.3 is 0 Å². The van der Waals surface area contributed by atoms with E-state index in [9.17, 15) is 4.79 Å². The SMILES string of the molecule is CN(C)C(=O)CNC(=NCc1cccc2c1OCCCO2)NCc1cccs1. The van der Waals surface area contributed by atoms with Crippen molar-refractivity contribution in [2.75, 3.05) is 33.9 Å². The number of fused-ring (bicyclic) bond motifs is 1. The number of hydrogen-bond acceptors (Lipinski definition) is 5. The number of likely N-dealkylation sites (N-methyl/N-ethyl adjacent to an activating group) is 1. The van der Waals surface area contributed by atoms with E-state index in [-0.39, 0.29) is 12.5 Å². The zero-order valence-electron chi connectivity index (χ0n) is 16.2. The Morgan fingerprint density at radius 3 is 2.82 bits per heavy atom. The second kappa shape index (κ2) is 9.98. The summed E-state index contributed by atoms with van der Waals surface area (Å²) in [6, 6.07) is 9.91. The summed E-state index contributed by atoms with van der Waals surface area (Å²) in [4.78, 5) is 19.3. The summed E-state index contributed by atoms with van der Waals surface area (Å²) < 4.78 is 11.6. The van der Waals surface area contributed by atoms with Crippen LogP contribution in [-0.4, -0.2) is 50.6 Å². The van der Waals surface area contributed by atoms with Gasteiger partial charge in [0.2, 0.25) is 5.91 Å². The molecule has 0 radical (unpaired) electrons. The van der Waals surface area contributed by atoms with Gasteiger partial charge in [-0.1, -0.05) is 18.2 Å². The Bertz CT molecular complexity index is 806. The molecule has 0 bridgehead atoms. The number of carbonyl (C=O) groups is 1. The molecule has 1 aliphatic rings. The van der Waals surface area contributed by atoms with E-state index in [0.29, 0.717) is 32.3 Å². The van der Waals surface area contributed by atoms with E-state index in [1.807, 2.05) is 29.6 Å². The number of para-hydroxylation sites is 1. The van der Waals surface area contributed by atoms with Crippen molar-refractivity contribution < 1.29 is 14.3 Å². The molecule has 2 heterocycles. The lowest BCUT2D eigenvalue weighted by Gasteiger charge is -2.15. The Kier molecular flexibility index (Phi) is 7.13. The molecule has 0 atom stereocenters. The first-order valence-electron chi connectivity index (χ1n) is 9.25. The van der Waals surface area contributed by atoms with Gasteiger partial charge in [-0.3, -0.25) is 4.79 Å². The molecule has 1 amide bonds. The Balaban J connectivity index is 1.71. The van der Waals surface area contributed by atoms with E-state index in [1.54, 1.807) is 30.3 Å². The van der Waals surface area contributed by atoms with Crippen molar-refractivity contribution in [1.82, 2.24) is 15.5 Å². The van der Waals surface area contributed by atoms with Crippen LogP contribution in [0, 0.1) is 0 Å². The van der Waals surface area contributed by atoms with Crippen LogP contribution in [0.15, 0.2) is 40.7 Å². The molecule has 7 nitrogen and oxygen atoms in total. The van der Waals surface area contributed by atoms with Gasteiger partial charge < -0.3 is 25.0 Å². The standard InChI is InChI=1S/C20H26N4O3S/c1-24(2)18(25)14-23-20(22-13-16-7-4-11-28-16)21-12-15-6-3-8-17-19(15)27-10-5-9-26-17/h3-4,6-8,11H,5,9-10,12-14H2,1-2H3,(H2,21,22,23). The highest BCUT2D eigenvalue weighted by molar-refractivity contribution is 7.09. The molecule has 2 aromatic rings. The van der Waals surface area contributed by atoms with Gasteiger partial charge in [-0.25, -0.2) is 4.99 Å². The molecule has 2 N–H and O–H groups in total. The first-order chi connectivity index (χ1) is 13.6.